The van der Waals surface area contributed by atoms with Crippen LogP contribution in [0.25, 0.3) is 11.1 Å². The third kappa shape index (κ3) is 1.90. The number of oxazole rings is 1. The zero-order valence-electron chi connectivity index (χ0n) is 10.1. The van der Waals surface area contributed by atoms with E-state index in [1.165, 1.54) is 0 Å². The summed E-state index contributed by atoms with van der Waals surface area (Å²) in [7, 11) is 0. The lowest BCUT2D eigenvalue weighted by Gasteiger charge is -2.26. The van der Waals surface area contributed by atoms with Crippen molar-refractivity contribution in [2.75, 3.05) is 17.7 Å². The number of aliphatic hydroxyl groups excluding tert-OH is 1. The summed E-state index contributed by atoms with van der Waals surface area (Å²) in [5.74, 6) is 0. The van der Waals surface area contributed by atoms with Gasteiger partial charge in [-0.2, -0.15) is 4.98 Å². The van der Waals surface area contributed by atoms with Crippen LogP contribution in [0.4, 0.5) is 11.7 Å². The van der Waals surface area contributed by atoms with Crippen molar-refractivity contribution in [2.45, 2.75) is 31.2 Å². The van der Waals surface area contributed by atoms with Gasteiger partial charge in [0.05, 0.1) is 12.1 Å². The second-order valence-electron chi connectivity index (χ2n) is 5.02. The molecule has 0 bridgehead atoms. The second kappa shape index (κ2) is 4.17. The van der Waals surface area contributed by atoms with Gasteiger partial charge in [-0.15, -0.1) is 0 Å². The number of hydrogen-bond acceptors (Lipinski definition) is 5. The molecule has 96 valence electrons. The summed E-state index contributed by atoms with van der Waals surface area (Å²) in [5, 5.41) is 12.8. The number of aliphatic hydroxyl groups is 1. The molecule has 0 spiro atoms. The summed E-state index contributed by atoms with van der Waals surface area (Å²) < 4.78 is 5.62. The minimum Gasteiger partial charge on any atom is -0.424 e. The van der Waals surface area contributed by atoms with Gasteiger partial charge in [-0.3, -0.25) is 0 Å². The summed E-state index contributed by atoms with van der Waals surface area (Å²) >= 11 is 0. The van der Waals surface area contributed by atoms with Gasteiger partial charge in [0, 0.05) is 5.69 Å². The number of fused-ring (bicyclic) bond motifs is 1. The first kappa shape index (κ1) is 11.3. The van der Waals surface area contributed by atoms with Crippen LogP contribution in [0, 0.1) is 0 Å². The summed E-state index contributed by atoms with van der Waals surface area (Å²) in [6.07, 6.45) is 4.15. The zero-order chi connectivity index (χ0) is 12.6. The highest BCUT2D eigenvalue weighted by Crippen LogP contribution is 2.33. The maximum absolute atomic E-state index is 9.54. The molecular formula is C13H17N3O2. The van der Waals surface area contributed by atoms with E-state index in [0.717, 1.165) is 31.2 Å². The van der Waals surface area contributed by atoms with E-state index < -0.39 is 0 Å². The summed E-state index contributed by atoms with van der Waals surface area (Å²) in [5.41, 5.74) is 7.55. The summed E-state index contributed by atoms with van der Waals surface area (Å²) in [6, 6.07) is 5.84. The molecule has 1 fully saturated rings. The van der Waals surface area contributed by atoms with E-state index in [9.17, 15) is 5.11 Å². The quantitative estimate of drug-likeness (QED) is 0.723. The molecule has 0 unspecified atom stereocenters. The summed E-state index contributed by atoms with van der Waals surface area (Å²) in [6.45, 7) is 0.105. The van der Waals surface area contributed by atoms with Crippen molar-refractivity contribution in [2.24, 2.45) is 0 Å². The average Bonchev–Trinajstić information content (AvgIpc) is 2.96. The number of anilines is 2. The van der Waals surface area contributed by atoms with Gasteiger partial charge in [0.2, 0.25) is 0 Å². The lowest BCUT2D eigenvalue weighted by Crippen LogP contribution is -2.39. The first-order valence-corrected chi connectivity index (χ1v) is 6.26. The highest BCUT2D eigenvalue weighted by Gasteiger charge is 2.34. The molecule has 0 atom stereocenters. The van der Waals surface area contributed by atoms with Crippen LogP contribution >= 0.6 is 0 Å². The van der Waals surface area contributed by atoms with Crippen LogP contribution in [0.15, 0.2) is 22.6 Å². The van der Waals surface area contributed by atoms with Gasteiger partial charge < -0.3 is 20.6 Å². The molecule has 2 aromatic rings. The fourth-order valence-corrected chi connectivity index (χ4v) is 2.60. The van der Waals surface area contributed by atoms with Crippen molar-refractivity contribution in [3.8, 4) is 0 Å². The van der Waals surface area contributed by atoms with E-state index in [1.54, 1.807) is 12.1 Å². The number of aromatic nitrogens is 1. The monoisotopic (exact) mass is 247 g/mol. The average molecular weight is 247 g/mol. The van der Waals surface area contributed by atoms with Crippen molar-refractivity contribution >= 4 is 22.8 Å². The van der Waals surface area contributed by atoms with Crippen molar-refractivity contribution in [1.29, 1.82) is 0 Å². The van der Waals surface area contributed by atoms with Gasteiger partial charge in [-0.05, 0) is 31.0 Å². The Kier molecular flexibility index (Phi) is 2.63. The molecule has 1 aromatic heterocycles. The molecule has 0 radical (unpaired) electrons. The van der Waals surface area contributed by atoms with E-state index in [4.69, 9.17) is 10.2 Å². The maximum Gasteiger partial charge on any atom is 0.296 e. The minimum atomic E-state index is -0.271. The summed E-state index contributed by atoms with van der Waals surface area (Å²) in [4.78, 5) is 4.36. The van der Waals surface area contributed by atoms with E-state index in [2.05, 4.69) is 10.3 Å². The van der Waals surface area contributed by atoms with Gasteiger partial charge in [0.15, 0.2) is 5.58 Å². The molecule has 0 aliphatic heterocycles. The molecule has 4 N–H and O–H groups in total. The number of nitrogens with one attached hydrogen (secondary N) is 1. The standard InChI is InChI=1S/C13H17N3O2/c14-9-3-4-11-10(7-9)15-12(18-11)16-13(8-17)5-1-2-6-13/h3-4,7,17H,1-2,5-6,8,14H2,(H,15,16). The Morgan fingerprint density at radius 2 is 2.17 bits per heavy atom. The molecule has 1 aliphatic rings. The lowest BCUT2D eigenvalue weighted by atomic mass is 9.99. The normalized spacial score (nSPS) is 18.3. The topological polar surface area (TPSA) is 84.3 Å². The number of rotatable bonds is 3. The number of nitrogens with zero attached hydrogens (tertiary/aromatic N) is 1. The zero-order valence-corrected chi connectivity index (χ0v) is 10.1. The van der Waals surface area contributed by atoms with E-state index >= 15 is 0 Å². The molecule has 1 heterocycles. The number of benzene rings is 1. The van der Waals surface area contributed by atoms with Crippen molar-refractivity contribution in [1.82, 2.24) is 4.98 Å². The Balaban J connectivity index is 1.90. The van der Waals surface area contributed by atoms with Crippen molar-refractivity contribution in [3.05, 3.63) is 18.2 Å². The molecule has 18 heavy (non-hydrogen) atoms. The van der Waals surface area contributed by atoms with Crippen LogP contribution in [-0.4, -0.2) is 22.2 Å². The predicted molar refractivity (Wildman–Crippen MR) is 70.3 cm³/mol. The van der Waals surface area contributed by atoms with Crippen LogP contribution in [0.3, 0.4) is 0 Å². The Bertz CT molecular complexity index is 558. The van der Waals surface area contributed by atoms with E-state index in [1.807, 2.05) is 6.07 Å². The third-order valence-electron chi connectivity index (χ3n) is 3.65. The van der Waals surface area contributed by atoms with Crippen LogP contribution in [0.2, 0.25) is 0 Å². The fraction of sp³-hybridized carbons (Fsp3) is 0.462. The number of nitrogens with two attached hydrogens (primary N) is 1. The maximum atomic E-state index is 9.54. The fourth-order valence-electron chi connectivity index (χ4n) is 2.60. The second-order valence-corrected chi connectivity index (χ2v) is 5.02. The predicted octanol–water partition coefficient (Wildman–Crippen LogP) is 2.13. The lowest BCUT2D eigenvalue weighted by molar-refractivity contribution is 0.211. The van der Waals surface area contributed by atoms with Gasteiger partial charge in [0.1, 0.15) is 5.52 Å². The highest BCUT2D eigenvalue weighted by atomic mass is 16.4. The Morgan fingerprint density at radius 3 is 2.89 bits per heavy atom. The van der Waals surface area contributed by atoms with Gasteiger partial charge in [0.25, 0.3) is 6.01 Å². The van der Waals surface area contributed by atoms with Crippen molar-refractivity contribution < 1.29 is 9.52 Å². The van der Waals surface area contributed by atoms with E-state index in [0.29, 0.717) is 17.3 Å². The largest absolute Gasteiger partial charge is 0.424 e. The van der Waals surface area contributed by atoms with Gasteiger partial charge >= 0.3 is 0 Å². The van der Waals surface area contributed by atoms with Crippen LogP contribution < -0.4 is 11.1 Å². The first-order chi connectivity index (χ1) is 8.71. The number of hydrogen-bond donors (Lipinski definition) is 3. The Labute approximate surface area is 105 Å². The molecule has 5 nitrogen and oxygen atoms in total. The minimum absolute atomic E-state index is 0.105. The van der Waals surface area contributed by atoms with E-state index in [-0.39, 0.29) is 12.1 Å². The molecule has 0 saturated heterocycles. The molecule has 1 aromatic carbocycles. The van der Waals surface area contributed by atoms with Crippen LogP contribution in [-0.2, 0) is 0 Å². The Hall–Kier alpha value is -1.75. The first-order valence-electron chi connectivity index (χ1n) is 6.26. The SMILES string of the molecule is Nc1ccc2oc(NC3(CO)CCCC3)nc2c1. The van der Waals surface area contributed by atoms with Crippen LogP contribution in [0.1, 0.15) is 25.7 Å². The van der Waals surface area contributed by atoms with Gasteiger partial charge in [-0.1, -0.05) is 12.8 Å². The van der Waals surface area contributed by atoms with Crippen LogP contribution in [0.5, 0.6) is 0 Å². The molecular weight excluding hydrogens is 230 g/mol. The van der Waals surface area contributed by atoms with Crippen molar-refractivity contribution in [3.63, 3.8) is 0 Å². The smallest absolute Gasteiger partial charge is 0.296 e. The molecule has 5 heteroatoms. The molecule has 1 saturated carbocycles. The van der Waals surface area contributed by atoms with Gasteiger partial charge in [-0.25, -0.2) is 0 Å². The highest BCUT2D eigenvalue weighted by molar-refractivity contribution is 5.78. The third-order valence-corrected chi connectivity index (χ3v) is 3.65. The molecule has 0 amide bonds. The molecule has 1 aliphatic carbocycles. The molecule has 3 rings (SSSR count). The Morgan fingerprint density at radius 1 is 1.39 bits per heavy atom. The number of nitrogen functional groups attached to an aromatic ring is 1.